The van der Waals surface area contributed by atoms with Gasteiger partial charge in [0, 0.05) is 19.1 Å². The van der Waals surface area contributed by atoms with Gasteiger partial charge in [0.25, 0.3) is 0 Å². The number of nitrogens with one attached hydrogen (secondary N) is 1. The van der Waals surface area contributed by atoms with E-state index >= 15 is 0 Å². The molecular weight excluding hydrogens is 353 g/mol. The number of carbonyl (C=O) groups excluding carboxylic acids is 1. The lowest BCUT2D eigenvalue weighted by molar-refractivity contribution is -0.122. The Bertz CT molecular complexity index is 769. The largest absolute Gasteiger partial charge is 0.535 e. The van der Waals surface area contributed by atoms with E-state index in [4.69, 9.17) is 15.1 Å². The molecular formula is C17H22BN3O6. The number of rotatable bonds is 5. The van der Waals surface area contributed by atoms with Crippen LogP contribution < -0.4 is 20.4 Å². The van der Waals surface area contributed by atoms with E-state index in [0.29, 0.717) is 25.8 Å². The molecule has 0 aromatic heterocycles. The number of primary amides is 1. The molecule has 10 heteroatoms. The van der Waals surface area contributed by atoms with Gasteiger partial charge in [-0.25, -0.2) is 4.79 Å². The summed E-state index contributed by atoms with van der Waals surface area (Å²) in [6.45, 7) is 1.93. The van der Waals surface area contributed by atoms with Gasteiger partial charge >= 0.3 is 13.1 Å². The summed E-state index contributed by atoms with van der Waals surface area (Å²) in [6.07, 6.45) is 1.65. The van der Waals surface area contributed by atoms with Gasteiger partial charge in [0.2, 0.25) is 5.91 Å². The number of carbonyl (C=O) groups is 2. The first-order valence-electron chi connectivity index (χ1n) is 9.11. The highest BCUT2D eigenvalue weighted by atomic mass is 16.5. The lowest BCUT2D eigenvalue weighted by Gasteiger charge is -2.44. The number of hydrogen-bond acceptors (Lipinski definition) is 7. The van der Waals surface area contributed by atoms with E-state index in [1.54, 1.807) is 12.1 Å². The third-order valence-corrected chi connectivity index (χ3v) is 5.46. The molecule has 2 saturated heterocycles. The number of nitrogens with zero attached hydrogens (tertiary/aromatic N) is 1. The van der Waals surface area contributed by atoms with Crippen molar-refractivity contribution in [3.8, 4) is 11.5 Å². The molecule has 9 nitrogen and oxygen atoms in total. The van der Waals surface area contributed by atoms with Crippen molar-refractivity contribution in [3.05, 3.63) is 23.3 Å². The average Bonchev–Trinajstić information content (AvgIpc) is 3.06. The second-order valence-corrected chi connectivity index (χ2v) is 7.23. The van der Waals surface area contributed by atoms with Gasteiger partial charge in [-0.1, -0.05) is 6.07 Å². The quantitative estimate of drug-likeness (QED) is 0.486. The number of benzene rings is 1. The Morgan fingerprint density at radius 3 is 2.85 bits per heavy atom. The molecule has 1 aromatic carbocycles. The molecule has 0 saturated carbocycles. The summed E-state index contributed by atoms with van der Waals surface area (Å²) in [5.41, 5.74) is 6.13. The smallest absolute Gasteiger partial charge is 0.522 e. The number of likely N-dealkylation sites (tertiary alicyclic amines) is 1. The molecule has 2 atom stereocenters. The normalized spacial score (nSPS) is 25.4. The maximum Gasteiger partial charge on any atom is 0.522 e. The molecule has 1 aromatic rings. The highest BCUT2D eigenvalue weighted by molar-refractivity contribution is 6.44. The number of carboxylic acid groups (broad SMARTS) is 1. The van der Waals surface area contributed by atoms with Gasteiger partial charge in [-0.05, 0) is 37.3 Å². The van der Waals surface area contributed by atoms with Crippen LogP contribution >= 0.6 is 0 Å². The molecule has 3 aliphatic heterocycles. The fourth-order valence-corrected chi connectivity index (χ4v) is 4.08. The molecule has 4 rings (SSSR count). The molecule has 27 heavy (non-hydrogen) atoms. The van der Waals surface area contributed by atoms with Gasteiger partial charge < -0.3 is 30.6 Å². The third kappa shape index (κ3) is 3.35. The van der Waals surface area contributed by atoms with Crippen LogP contribution in [-0.4, -0.2) is 71.8 Å². The summed E-state index contributed by atoms with van der Waals surface area (Å²) in [4.78, 5) is 25.4. The number of amides is 1. The summed E-state index contributed by atoms with van der Waals surface area (Å²) in [7, 11) is -1.01. The van der Waals surface area contributed by atoms with Crippen LogP contribution in [0.2, 0.25) is 6.32 Å². The van der Waals surface area contributed by atoms with Gasteiger partial charge in [0.1, 0.15) is 29.2 Å². The SMILES string of the molecule is NC(=O)[C@H]1NCC[C@@H]1N1CC(Oc2ccc3c(c2C(=O)O)OB(O)CC3)C1. The summed E-state index contributed by atoms with van der Waals surface area (Å²) in [6, 6.07) is 3.11. The van der Waals surface area contributed by atoms with Crippen LogP contribution in [0.15, 0.2) is 12.1 Å². The number of aryl methyl sites for hydroxylation is 1. The van der Waals surface area contributed by atoms with E-state index in [2.05, 4.69) is 10.2 Å². The molecule has 1 amide bonds. The first kappa shape index (κ1) is 18.1. The topological polar surface area (TPSA) is 134 Å². The summed E-state index contributed by atoms with van der Waals surface area (Å²) in [5.74, 6) is -1.10. The second kappa shape index (κ2) is 7.03. The van der Waals surface area contributed by atoms with Crippen LogP contribution in [-0.2, 0) is 11.2 Å². The van der Waals surface area contributed by atoms with Crippen molar-refractivity contribution >= 4 is 19.0 Å². The van der Waals surface area contributed by atoms with E-state index in [9.17, 15) is 19.7 Å². The highest BCUT2D eigenvalue weighted by Gasteiger charge is 2.42. The third-order valence-electron chi connectivity index (χ3n) is 5.46. The van der Waals surface area contributed by atoms with Crippen LogP contribution in [0.25, 0.3) is 0 Å². The minimum Gasteiger partial charge on any atom is -0.535 e. The van der Waals surface area contributed by atoms with Gasteiger partial charge in [-0.15, -0.1) is 0 Å². The first-order valence-corrected chi connectivity index (χ1v) is 9.11. The molecule has 0 spiro atoms. The second-order valence-electron chi connectivity index (χ2n) is 7.23. The number of aromatic carboxylic acids is 1. The molecule has 0 aliphatic carbocycles. The van der Waals surface area contributed by atoms with Crippen LogP contribution in [0.3, 0.4) is 0 Å². The van der Waals surface area contributed by atoms with Gasteiger partial charge in [0.05, 0.1) is 0 Å². The number of nitrogens with two attached hydrogens (primary N) is 1. The van der Waals surface area contributed by atoms with E-state index in [1.807, 2.05) is 0 Å². The fourth-order valence-electron chi connectivity index (χ4n) is 4.08. The van der Waals surface area contributed by atoms with E-state index in [-0.39, 0.29) is 41.2 Å². The van der Waals surface area contributed by atoms with Gasteiger partial charge in [-0.3, -0.25) is 9.69 Å². The number of ether oxygens (including phenoxy) is 1. The molecule has 0 bridgehead atoms. The molecule has 0 radical (unpaired) electrons. The average molecular weight is 375 g/mol. The highest BCUT2D eigenvalue weighted by Crippen LogP contribution is 2.37. The van der Waals surface area contributed by atoms with Gasteiger partial charge in [-0.2, -0.15) is 0 Å². The van der Waals surface area contributed by atoms with Crippen molar-refractivity contribution in [1.82, 2.24) is 10.2 Å². The standard InChI is InChI=1S/C17H22BN3O6/c19-16(22)14-11(4-6-20-14)21-7-10(8-21)26-12-2-1-9-3-5-18(25)27-15(9)13(12)17(23)24/h1-2,10-11,14,20,25H,3-8H2,(H2,19,22)(H,23,24)/t11-,14-/m0/s1. The van der Waals surface area contributed by atoms with Crippen molar-refractivity contribution in [2.75, 3.05) is 19.6 Å². The summed E-state index contributed by atoms with van der Waals surface area (Å²) >= 11 is 0. The lowest BCUT2D eigenvalue weighted by Crippen LogP contribution is -2.62. The minimum atomic E-state index is -1.15. The number of fused-ring (bicyclic) bond motifs is 1. The molecule has 144 valence electrons. The van der Waals surface area contributed by atoms with Crippen molar-refractivity contribution < 1.29 is 29.1 Å². The Labute approximate surface area is 156 Å². The molecule has 0 unspecified atom stereocenters. The predicted octanol–water partition coefficient (Wildman–Crippen LogP) is -0.921. The maximum absolute atomic E-state index is 11.8. The monoisotopic (exact) mass is 375 g/mol. The number of hydrogen-bond donors (Lipinski definition) is 4. The van der Waals surface area contributed by atoms with Crippen LogP contribution in [0.4, 0.5) is 0 Å². The fraction of sp³-hybridized carbons (Fsp3) is 0.529. The Balaban J connectivity index is 1.46. The molecule has 5 N–H and O–H groups in total. The first-order chi connectivity index (χ1) is 12.9. The van der Waals surface area contributed by atoms with Crippen LogP contribution in [0, 0.1) is 0 Å². The van der Waals surface area contributed by atoms with Crippen LogP contribution in [0.5, 0.6) is 11.5 Å². The van der Waals surface area contributed by atoms with E-state index in [1.165, 1.54) is 0 Å². The lowest BCUT2D eigenvalue weighted by atomic mass is 9.78. The Kier molecular flexibility index (Phi) is 4.71. The Morgan fingerprint density at radius 1 is 1.37 bits per heavy atom. The number of carboxylic acids is 1. The van der Waals surface area contributed by atoms with Crippen molar-refractivity contribution in [2.24, 2.45) is 5.73 Å². The Hall–Kier alpha value is -2.30. The van der Waals surface area contributed by atoms with Gasteiger partial charge in [0.15, 0.2) is 0 Å². The zero-order valence-corrected chi connectivity index (χ0v) is 14.8. The molecule has 3 heterocycles. The minimum absolute atomic E-state index is 0.0447. The summed E-state index contributed by atoms with van der Waals surface area (Å²) < 4.78 is 11.3. The molecule has 2 fully saturated rings. The van der Waals surface area contributed by atoms with Crippen molar-refractivity contribution in [1.29, 1.82) is 0 Å². The molecule has 3 aliphatic rings. The van der Waals surface area contributed by atoms with E-state index < -0.39 is 13.1 Å². The van der Waals surface area contributed by atoms with Crippen molar-refractivity contribution in [3.63, 3.8) is 0 Å². The van der Waals surface area contributed by atoms with Crippen LogP contribution in [0.1, 0.15) is 22.3 Å². The Morgan fingerprint density at radius 2 is 2.15 bits per heavy atom. The van der Waals surface area contributed by atoms with Crippen molar-refractivity contribution in [2.45, 2.75) is 37.3 Å². The summed E-state index contributed by atoms with van der Waals surface area (Å²) in [5, 5.41) is 22.4. The van der Waals surface area contributed by atoms with E-state index in [0.717, 1.165) is 18.5 Å². The predicted molar refractivity (Wildman–Crippen MR) is 95.9 cm³/mol. The zero-order chi connectivity index (χ0) is 19.1. The zero-order valence-electron chi connectivity index (χ0n) is 14.8. The maximum atomic E-state index is 11.8.